The molecule has 2 N–H and O–H groups in total. The van der Waals surface area contributed by atoms with Gasteiger partial charge in [0.1, 0.15) is 5.82 Å². The van der Waals surface area contributed by atoms with E-state index >= 15 is 0 Å². The Morgan fingerprint density at radius 3 is 2.68 bits per heavy atom. The molecule has 0 unspecified atom stereocenters. The van der Waals surface area contributed by atoms with E-state index in [0.717, 1.165) is 16.4 Å². The van der Waals surface area contributed by atoms with Crippen molar-refractivity contribution in [2.45, 2.75) is 19.6 Å². The molecule has 2 rings (SSSR count). The third-order valence-electron chi connectivity index (χ3n) is 2.84. The van der Waals surface area contributed by atoms with E-state index in [1.807, 2.05) is 25.2 Å². The van der Waals surface area contributed by atoms with Gasteiger partial charge in [0.2, 0.25) is 0 Å². The smallest absolute Gasteiger partial charge is 0.127 e. The van der Waals surface area contributed by atoms with Crippen LogP contribution < -0.4 is 5.73 Å². The van der Waals surface area contributed by atoms with E-state index in [9.17, 15) is 4.39 Å². The normalized spacial score (nSPS) is 11.2. The van der Waals surface area contributed by atoms with E-state index in [2.05, 4.69) is 4.90 Å². The number of nitrogens with two attached hydrogens (primary N) is 1. The Morgan fingerprint density at radius 2 is 2.05 bits per heavy atom. The molecule has 0 bridgehead atoms. The van der Waals surface area contributed by atoms with Crippen LogP contribution in [0, 0.1) is 5.82 Å². The van der Waals surface area contributed by atoms with Gasteiger partial charge in [-0.25, -0.2) is 4.39 Å². The first kappa shape index (κ1) is 14.5. The van der Waals surface area contributed by atoms with Gasteiger partial charge in [-0.2, -0.15) is 0 Å². The molecule has 0 aliphatic rings. The molecule has 0 aliphatic carbocycles. The van der Waals surface area contributed by atoms with Gasteiger partial charge in [0.15, 0.2) is 0 Å². The van der Waals surface area contributed by atoms with Gasteiger partial charge < -0.3 is 5.73 Å². The average molecular weight is 299 g/mol. The highest BCUT2D eigenvalue weighted by Gasteiger charge is 2.08. The summed E-state index contributed by atoms with van der Waals surface area (Å²) in [7, 11) is 1.96. The van der Waals surface area contributed by atoms with Crippen LogP contribution in [-0.2, 0) is 19.6 Å². The fourth-order valence-corrected chi connectivity index (χ4v) is 3.09. The summed E-state index contributed by atoms with van der Waals surface area (Å²) in [6.07, 6.45) is 0. The highest BCUT2D eigenvalue weighted by Crippen LogP contribution is 2.23. The minimum Gasteiger partial charge on any atom is -0.326 e. The molecule has 102 valence electrons. The third-order valence-corrected chi connectivity index (χ3v) is 4.06. The molecular formula is C14H16ClFN2S. The van der Waals surface area contributed by atoms with E-state index in [1.165, 1.54) is 10.9 Å². The summed E-state index contributed by atoms with van der Waals surface area (Å²) in [6.45, 7) is 1.73. The first-order valence-corrected chi connectivity index (χ1v) is 7.18. The van der Waals surface area contributed by atoms with Gasteiger partial charge in [-0.15, -0.1) is 11.3 Å². The van der Waals surface area contributed by atoms with Crippen molar-refractivity contribution in [3.63, 3.8) is 0 Å². The molecule has 0 amide bonds. The van der Waals surface area contributed by atoms with E-state index in [-0.39, 0.29) is 5.82 Å². The van der Waals surface area contributed by atoms with E-state index in [1.54, 1.807) is 17.4 Å². The van der Waals surface area contributed by atoms with Crippen LogP contribution in [0.15, 0.2) is 30.3 Å². The van der Waals surface area contributed by atoms with Gasteiger partial charge in [0.05, 0.1) is 4.34 Å². The van der Waals surface area contributed by atoms with E-state index in [0.29, 0.717) is 18.7 Å². The summed E-state index contributed by atoms with van der Waals surface area (Å²) in [5.74, 6) is -0.187. The van der Waals surface area contributed by atoms with Crippen molar-refractivity contribution in [2.75, 3.05) is 7.05 Å². The second kappa shape index (κ2) is 6.48. The minimum absolute atomic E-state index is 0.187. The maximum atomic E-state index is 13.7. The lowest BCUT2D eigenvalue weighted by molar-refractivity contribution is 0.316. The second-order valence-electron chi connectivity index (χ2n) is 4.51. The maximum absolute atomic E-state index is 13.7. The first-order valence-electron chi connectivity index (χ1n) is 5.98. The van der Waals surface area contributed by atoms with E-state index in [4.69, 9.17) is 17.3 Å². The van der Waals surface area contributed by atoms with E-state index < -0.39 is 0 Å². The largest absolute Gasteiger partial charge is 0.326 e. The standard InChI is InChI=1S/C14H16ClFN2S/c1-18(9-12-3-5-14(15)19-12)8-11-6-10(7-17)2-4-13(11)16/h2-6H,7-9,17H2,1H3. The average Bonchev–Trinajstić information content (AvgIpc) is 2.77. The number of rotatable bonds is 5. The zero-order valence-corrected chi connectivity index (χ0v) is 12.3. The number of benzene rings is 1. The summed E-state index contributed by atoms with van der Waals surface area (Å²) in [4.78, 5) is 3.23. The molecule has 1 heterocycles. The minimum atomic E-state index is -0.187. The van der Waals surface area contributed by atoms with Crippen LogP contribution in [0.2, 0.25) is 4.34 Å². The Labute approximate surface area is 121 Å². The summed E-state index contributed by atoms with van der Waals surface area (Å²) in [5.41, 5.74) is 7.20. The number of thiophene rings is 1. The van der Waals surface area contributed by atoms with Crippen molar-refractivity contribution in [3.05, 3.63) is 56.5 Å². The summed E-state index contributed by atoms with van der Waals surface area (Å²) in [5, 5.41) is 0. The van der Waals surface area contributed by atoms with Gasteiger partial charge in [-0.1, -0.05) is 23.7 Å². The zero-order chi connectivity index (χ0) is 13.8. The molecule has 0 spiro atoms. The Morgan fingerprint density at radius 1 is 1.26 bits per heavy atom. The molecule has 5 heteroatoms. The molecule has 0 radical (unpaired) electrons. The van der Waals surface area contributed by atoms with Crippen LogP contribution in [0.5, 0.6) is 0 Å². The second-order valence-corrected chi connectivity index (χ2v) is 6.31. The molecule has 0 aliphatic heterocycles. The van der Waals surface area contributed by atoms with Crippen LogP contribution >= 0.6 is 22.9 Å². The third kappa shape index (κ3) is 4.01. The highest BCUT2D eigenvalue weighted by molar-refractivity contribution is 7.16. The lowest BCUT2D eigenvalue weighted by Gasteiger charge is -2.16. The Hall–Kier alpha value is -0.940. The molecular weight excluding hydrogens is 283 g/mol. The van der Waals surface area contributed by atoms with Crippen molar-refractivity contribution >= 4 is 22.9 Å². The molecule has 19 heavy (non-hydrogen) atoms. The number of nitrogens with zero attached hydrogens (tertiary/aromatic N) is 1. The maximum Gasteiger partial charge on any atom is 0.127 e. The topological polar surface area (TPSA) is 29.3 Å². The van der Waals surface area contributed by atoms with Crippen LogP contribution in [0.3, 0.4) is 0 Å². The summed E-state index contributed by atoms with van der Waals surface area (Å²) in [6, 6.07) is 8.90. The van der Waals surface area contributed by atoms with Crippen LogP contribution in [0.25, 0.3) is 0 Å². The molecule has 1 aromatic heterocycles. The lowest BCUT2D eigenvalue weighted by Crippen LogP contribution is -2.17. The van der Waals surface area contributed by atoms with Crippen molar-refractivity contribution in [1.82, 2.24) is 4.90 Å². The molecule has 0 saturated heterocycles. The van der Waals surface area contributed by atoms with Gasteiger partial charge in [0, 0.05) is 30.1 Å². The fraction of sp³-hybridized carbons (Fsp3) is 0.286. The Bertz CT molecular complexity index is 556. The van der Waals surface area contributed by atoms with Crippen molar-refractivity contribution in [1.29, 1.82) is 0 Å². The first-order chi connectivity index (χ1) is 9.08. The molecule has 2 aromatic rings. The molecule has 0 atom stereocenters. The Balaban J connectivity index is 2.03. The predicted molar refractivity (Wildman–Crippen MR) is 78.8 cm³/mol. The number of hydrogen-bond acceptors (Lipinski definition) is 3. The van der Waals surface area contributed by atoms with Crippen molar-refractivity contribution < 1.29 is 4.39 Å². The van der Waals surface area contributed by atoms with Gasteiger partial charge in [-0.3, -0.25) is 4.90 Å². The predicted octanol–water partition coefficient (Wildman–Crippen LogP) is 3.63. The van der Waals surface area contributed by atoms with Gasteiger partial charge in [0.25, 0.3) is 0 Å². The van der Waals surface area contributed by atoms with Crippen LogP contribution in [0.1, 0.15) is 16.0 Å². The van der Waals surface area contributed by atoms with Crippen molar-refractivity contribution in [2.24, 2.45) is 5.73 Å². The summed E-state index contributed by atoms with van der Waals surface area (Å²) >= 11 is 7.44. The molecule has 0 saturated carbocycles. The molecule has 2 nitrogen and oxygen atoms in total. The van der Waals surface area contributed by atoms with Crippen LogP contribution in [-0.4, -0.2) is 11.9 Å². The highest BCUT2D eigenvalue weighted by atomic mass is 35.5. The van der Waals surface area contributed by atoms with Gasteiger partial charge in [-0.05, 0) is 30.8 Å². The van der Waals surface area contributed by atoms with Crippen LogP contribution in [0.4, 0.5) is 4.39 Å². The fourth-order valence-electron chi connectivity index (χ4n) is 1.93. The quantitative estimate of drug-likeness (QED) is 0.913. The SMILES string of the molecule is CN(Cc1ccc(Cl)s1)Cc1cc(CN)ccc1F. The van der Waals surface area contributed by atoms with Crippen molar-refractivity contribution in [3.8, 4) is 0 Å². The molecule has 1 aromatic carbocycles. The lowest BCUT2D eigenvalue weighted by atomic mass is 10.1. The Kier molecular flexibility index (Phi) is 4.93. The zero-order valence-electron chi connectivity index (χ0n) is 10.7. The number of halogens is 2. The molecule has 0 fully saturated rings. The summed E-state index contributed by atoms with van der Waals surface area (Å²) < 4.78 is 14.5. The monoisotopic (exact) mass is 298 g/mol. The van der Waals surface area contributed by atoms with Gasteiger partial charge >= 0.3 is 0 Å². The number of hydrogen-bond donors (Lipinski definition) is 1.